The molecule has 3 aromatic rings. The van der Waals surface area contributed by atoms with Crippen LogP contribution in [-0.2, 0) is 0 Å². The van der Waals surface area contributed by atoms with E-state index in [1.807, 2.05) is 23.6 Å². The molecule has 90 valence electrons. The fourth-order valence-electron chi connectivity index (χ4n) is 1.66. The molecule has 0 radical (unpaired) electrons. The topological polar surface area (TPSA) is 17.1 Å². The fraction of sp³-hybridized carbons (Fsp3) is 0. The van der Waals surface area contributed by atoms with Gasteiger partial charge in [0.2, 0.25) is 0 Å². The highest BCUT2D eigenvalue weighted by molar-refractivity contribution is 9.11. The number of carbonyl (C=O) groups is 1. The first kappa shape index (κ1) is 12.3. The van der Waals surface area contributed by atoms with Crippen LogP contribution in [0.1, 0.15) is 10.4 Å². The lowest BCUT2D eigenvalue weighted by Gasteiger charge is -1.91. The van der Waals surface area contributed by atoms with Crippen molar-refractivity contribution < 1.29 is 4.79 Å². The normalized spacial score (nSPS) is 10.7. The van der Waals surface area contributed by atoms with Gasteiger partial charge in [0.25, 0.3) is 0 Å². The van der Waals surface area contributed by atoms with Gasteiger partial charge in [-0.25, -0.2) is 0 Å². The zero-order valence-electron chi connectivity index (χ0n) is 9.05. The third-order valence-electron chi connectivity index (χ3n) is 2.45. The standard InChI is InChI=1S/C13H7BrOS3/c14-12-4-3-9(17-12)11-6-8(7-15)13(18-11)10-2-1-5-16-10/h1-7H. The van der Waals surface area contributed by atoms with Gasteiger partial charge < -0.3 is 0 Å². The minimum atomic E-state index is 0.780. The van der Waals surface area contributed by atoms with Crippen molar-refractivity contribution in [1.82, 2.24) is 0 Å². The molecule has 0 aliphatic carbocycles. The second-order valence-corrected chi connectivity index (χ2v) is 8.06. The molecule has 0 spiro atoms. The zero-order chi connectivity index (χ0) is 12.5. The third kappa shape index (κ3) is 2.23. The van der Waals surface area contributed by atoms with Crippen LogP contribution in [0.5, 0.6) is 0 Å². The van der Waals surface area contributed by atoms with Crippen LogP contribution in [0.15, 0.2) is 39.5 Å². The molecule has 0 saturated heterocycles. The first-order valence-corrected chi connectivity index (χ1v) is 8.47. The van der Waals surface area contributed by atoms with Gasteiger partial charge in [0.05, 0.1) is 8.66 Å². The molecule has 0 bridgehead atoms. The van der Waals surface area contributed by atoms with Crippen molar-refractivity contribution in [3.8, 4) is 19.5 Å². The number of rotatable bonds is 3. The Labute approximate surface area is 125 Å². The van der Waals surface area contributed by atoms with Crippen molar-refractivity contribution in [2.24, 2.45) is 0 Å². The lowest BCUT2D eigenvalue weighted by molar-refractivity contribution is 0.112. The van der Waals surface area contributed by atoms with E-state index >= 15 is 0 Å². The molecule has 0 N–H and O–H groups in total. The van der Waals surface area contributed by atoms with Crippen molar-refractivity contribution in [2.45, 2.75) is 0 Å². The van der Waals surface area contributed by atoms with Gasteiger partial charge in [-0.05, 0) is 45.6 Å². The Morgan fingerprint density at radius 3 is 2.56 bits per heavy atom. The van der Waals surface area contributed by atoms with Gasteiger partial charge in [-0.2, -0.15) is 0 Å². The summed E-state index contributed by atoms with van der Waals surface area (Å²) in [4.78, 5) is 15.7. The molecule has 0 fully saturated rings. The molecule has 0 aliphatic heterocycles. The Kier molecular flexibility index (Phi) is 3.48. The first-order valence-electron chi connectivity index (χ1n) is 5.16. The van der Waals surface area contributed by atoms with Gasteiger partial charge in [0.15, 0.2) is 6.29 Å². The molecule has 3 heterocycles. The van der Waals surface area contributed by atoms with Gasteiger partial charge >= 0.3 is 0 Å². The molecule has 3 rings (SSSR count). The summed E-state index contributed by atoms with van der Waals surface area (Å²) in [6.07, 6.45) is 0.942. The molecule has 5 heteroatoms. The van der Waals surface area contributed by atoms with Crippen LogP contribution in [-0.4, -0.2) is 6.29 Å². The predicted octanol–water partition coefficient (Wildman–Crippen LogP) is 5.78. The summed E-state index contributed by atoms with van der Waals surface area (Å²) >= 11 is 8.49. The monoisotopic (exact) mass is 354 g/mol. The van der Waals surface area contributed by atoms with E-state index in [0.29, 0.717) is 0 Å². The maximum atomic E-state index is 11.2. The highest BCUT2D eigenvalue weighted by Gasteiger charge is 2.13. The average Bonchev–Trinajstić information content (AvgIpc) is 3.07. The van der Waals surface area contributed by atoms with E-state index < -0.39 is 0 Å². The molecule has 18 heavy (non-hydrogen) atoms. The van der Waals surface area contributed by atoms with E-state index in [1.165, 1.54) is 4.88 Å². The van der Waals surface area contributed by atoms with E-state index in [9.17, 15) is 4.79 Å². The van der Waals surface area contributed by atoms with Gasteiger partial charge in [0.1, 0.15) is 0 Å². The molecule has 3 aromatic heterocycles. The lowest BCUT2D eigenvalue weighted by Crippen LogP contribution is -1.75. The fourth-order valence-corrected chi connectivity index (χ4v) is 5.13. The second kappa shape index (κ2) is 5.09. The summed E-state index contributed by atoms with van der Waals surface area (Å²) in [6, 6.07) is 10.1. The number of thiophene rings is 3. The van der Waals surface area contributed by atoms with E-state index in [-0.39, 0.29) is 0 Å². The van der Waals surface area contributed by atoms with Gasteiger partial charge in [-0.15, -0.1) is 34.0 Å². The molecular weight excluding hydrogens is 348 g/mol. The van der Waals surface area contributed by atoms with Gasteiger partial charge in [-0.1, -0.05) is 6.07 Å². The summed E-state index contributed by atoms with van der Waals surface area (Å²) in [6.45, 7) is 0. The van der Waals surface area contributed by atoms with E-state index in [0.717, 1.165) is 30.3 Å². The SMILES string of the molecule is O=Cc1cc(-c2ccc(Br)s2)sc1-c1cccs1. The van der Waals surface area contributed by atoms with Crippen LogP contribution >= 0.6 is 49.9 Å². The molecule has 0 aliphatic rings. The largest absolute Gasteiger partial charge is 0.298 e. The van der Waals surface area contributed by atoms with Crippen molar-refractivity contribution >= 4 is 56.2 Å². The summed E-state index contributed by atoms with van der Waals surface area (Å²) in [5.41, 5.74) is 0.780. The summed E-state index contributed by atoms with van der Waals surface area (Å²) in [7, 11) is 0. The number of halogens is 1. The third-order valence-corrected chi connectivity index (χ3v) is 6.47. The first-order chi connectivity index (χ1) is 8.78. The Balaban J connectivity index is 2.11. The molecule has 0 amide bonds. The van der Waals surface area contributed by atoms with Gasteiger partial charge in [-0.3, -0.25) is 4.79 Å². The second-order valence-electron chi connectivity index (χ2n) is 3.59. The van der Waals surface area contributed by atoms with Crippen LogP contribution in [0.3, 0.4) is 0 Å². The van der Waals surface area contributed by atoms with Crippen molar-refractivity contribution in [1.29, 1.82) is 0 Å². The predicted molar refractivity (Wildman–Crippen MR) is 84.0 cm³/mol. The molecule has 0 aromatic carbocycles. The molecular formula is C13H7BrOS3. The summed E-state index contributed by atoms with van der Waals surface area (Å²) in [5, 5.41) is 2.03. The minimum absolute atomic E-state index is 0.780. The number of carbonyl (C=O) groups excluding carboxylic acids is 1. The Bertz CT molecular complexity index is 679. The smallest absolute Gasteiger partial charge is 0.151 e. The Hall–Kier alpha value is -0.750. The number of aldehydes is 1. The minimum Gasteiger partial charge on any atom is -0.298 e. The van der Waals surface area contributed by atoms with Crippen LogP contribution in [0.25, 0.3) is 19.5 Å². The van der Waals surface area contributed by atoms with Crippen molar-refractivity contribution in [3.63, 3.8) is 0 Å². The maximum Gasteiger partial charge on any atom is 0.151 e. The van der Waals surface area contributed by atoms with Crippen LogP contribution < -0.4 is 0 Å². The molecule has 0 unspecified atom stereocenters. The van der Waals surface area contributed by atoms with Crippen LogP contribution in [0.2, 0.25) is 0 Å². The molecule has 0 saturated carbocycles. The van der Waals surface area contributed by atoms with E-state index in [4.69, 9.17) is 0 Å². The number of hydrogen-bond acceptors (Lipinski definition) is 4. The number of hydrogen-bond donors (Lipinski definition) is 0. The Morgan fingerprint density at radius 1 is 1.06 bits per heavy atom. The van der Waals surface area contributed by atoms with Gasteiger partial charge in [0, 0.05) is 20.2 Å². The van der Waals surface area contributed by atoms with Crippen molar-refractivity contribution in [2.75, 3.05) is 0 Å². The van der Waals surface area contributed by atoms with E-state index in [2.05, 4.69) is 28.1 Å². The summed E-state index contributed by atoms with van der Waals surface area (Å²) in [5.74, 6) is 0. The van der Waals surface area contributed by atoms with E-state index in [1.54, 1.807) is 34.0 Å². The molecule has 1 nitrogen and oxygen atoms in total. The quantitative estimate of drug-likeness (QED) is 0.544. The maximum absolute atomic E-state index is 11.2. The highest BCUT2D eigenvalue weighted by atomic mass is 79.9. The van der Waals surface area contributed by atoms with Crippen LogP contribution in [0.4, 0.5) is 0 Å². The molecule has 0 atom stereocenters. The van der Waals surface area contributed by atoms with Crippen LogP contribution in [0, 0.1) is 0 Å². The Morgan fingerprint density at radius 2 is 1.94 bits per heavy atom. The zero-order valence-corrected chi connectivity index (χ0v) is 13.1. The van der Waals surface area contributed by atoms with Crippen molar-refractivity contribution in [3.05, 3.63) is 45.1 Å². The highest BCUT2D eigenvalue weighted by Crippen LogP contribution is 2.42. The lowest BCUT2D eigenvalue weighted by atomic mass is 10.2. The average molecular weight is 355 g/mol. The summed E-state index contributed by atoms with van der Waals surface area (Å²) < 4.78 is 1.11.